The maximum absolute atomic E-state index is 13.7. The summed E-state index contributed by atoms with van der Waals surface area (Å²) < 4.78 is 74.5. The van der Waals surface area contributed by atoms with Gasteiger partial charge in [0.05, 0.1) is 27.9 Å². The fourth-order valence-corrected chi connectivity index (χ4v) is 5.85. The highest BCUT2D eigenvalue weighted by atomic mass is 35.5. The number of anilines is 1. The summed E-state index contributed by atoms with van der Waals surface area (Å²) in [6.45, 7) is 4.26. The summed E-state index contributed by atoms with van der Waals surface area (Å²) in [5.41, 5.74) is -1.33. The van der Waals surface area contributed by atoms with Crippen LogP contribution in [0, 0.1) is 0 Å². The lowest BCUT2D eigenvalue weighted by atomic mass is 10.2. The molecule has 0 unspecified atom stereocenters. The molecule has 14 heteroatoms. The molecule has 206 valence electrons. The number of sulfonamides is 1. The third-order valence-electron chi connectivity index (χ3n) is 5.29. The van der Waals surface area contributed by atoms with Gasteiger partial charge >= 0.3 is 12.1 Å². The predicted octanol–water partition coefficient (Wildman–Crippen LogP) is 6.28. The summed E-state index contributed by atoms with van der Waals surface area (Å²) >= 11 is 12.1. The molecule has 0 fully saturated rings. The van der Waals surface area contributed by atoms with Crippen LogP contribution in [0.15, 0.2) is 65.8 Å². The molecule has 4 rings (SSSR count). The van der Waals surface area contributed by atoms with Gasteiger partial charge in [0.2, 0.25) is 0 Å². The van der Waals surface area contributed by atoms with Crippen molar-refractivity contribution in [2.45, 2.75) is 37.4 Å². The van der Waals surface area contributed by atoms with E-state index >= 15 is 0 Å². The number of hydrogen-bond acceptors (Lipinski definition) is 6. The first kappa shape index (κ1) is 28.7. The Labute approximate surface area is 232 Å². The van der Waals surface area contributed by atoms with E-state index in [9.17, 15) is 26.4 Å². The van der Waals surface area contributed by atoms with E-state index in [0.717, 1.165) is 10.4 Å². The third kappa shape index (κ3) is 6.45. The number of aromatic nitrogens is 3. The zero-order chi connectivity index (χ0) is 28.8. The van der Waals surface area contributed by atoms with Gasteiger partial charge in [0.25, 0.3) is 10.0 Å². The fraction of sp³-hybridized carbons (Fsp3) is 0.240. The molecular formula is C25H21Cl2F3N4O4S. The molecule has 39 heavy (non-hydrogen) atoms. The smallest absolute Gasteiger partial charge is 0.418 e. The van der Waals surface area contributed by atoms with Gasteiger partial charge in [-0.1, -0.05) is 23.2 Å². The Morgan fingerprint density at radius 1 is 1.03 bits per heavy atom. The molecular weight excluding hydrogens is 580 g/mol. The van der Waals surface area contributed by atoms with Gasteiger partial charge in [-0.15, -0.1) is 5.10 Å². The van der Waals surface area contributed by atoms with Crippen LogP contribution in [-0.2, 0) is 25.7 Å². The molecule has 0 aliphatic carbocycles. The molecule has 8 nitrogen and oxygen atoms in total. The number of carbonyl (C=O) groups is 1. The molecule has 2 heterocycles. The van der Waals surface area contributed by atoms with Gasteiger partial charge in [-0.2, -0.15) is 18.3 Å². The van der Waals surface area contributed by atoms with Crippen LogP contribution in [-0.4, -0.2) is 41.3 Å². The van der Waals surface area contributed by atoms with Crippen molar-refractivity contribution < 1.29 is 31.1 Å². The third-order valence-corrected chi connectivity index (χ3v) is 7.48. The highest BCUT2D eigenvalue weighted by molar-refractivity contribution is 7.92. The Bertz CT molecular complexity index is 1650. The van der Waals surface area contributed by atoms with Crippen LogP contribution in [0.3, 0.4) is 0 Å². The van der Waals surface area contributed by atoms with Crippen LogP contribution in [0.5, 0.6) is 0 Å². The number of ether oxygens (including phenoxy) is 1. The Balaban J connectivity index is 1.80. The molecule has 0 radical (unpaired) electrons. The molecule has 0 N–H and O–H groups in total. The van der Waals surface area contributed by atoms with E-state index in [-0.39, 0.29) is 26.4 Å². The molecule has 0 spiro atoms. The number of alkyl halides is 3. The Morgan fingerprint density at radius 3 is 2.31 bits per heavy atom. The van der Waals surface area contributed by atoms with Crippen LogP contribution in [0.25, 0.3) is 16.7 Å². The number of rotatable bonds is 6. The number of hydrogen-bond donors (Lipinski definition) is 0. The van der Waals surface area contributed by atoms with Crippen molar-refractivity contribution in [2.24, 2.45) is 0 Å². The van der Waals surface area contributed by atoms with Gasteiger partial charge in [-0.05, 0) is 69.3 Å². The van der Waals surface area contributed by atoms with E-state index in [4.69, 9.17) is 27.9 Å². The van der Waals surface area contributed by atoms with Crippen LogP contribution in [0.2, 0.25) is 10.0 Å². The highest BCUT2D eigenvalue weighted by Crippen LogP contribution is 2.33. The number of esters is 1. The second-order valence-electron chi connectivity index (χ2n) is 9.43. The summed E-state index contributed by atoms with van der Waals surface area (Å²) in [7, 11) is -4.38. The van der Waals surface area contributed by atoms with Crippen LogP contribution in [0.4, 0.5) is 18.9 Å². The van der Waals surface area contributed by atoms with Gasteiger partial charge in [0, 0.05) is 21.6 Å². The topological polar surface area (TPSA) is 94.4 Å². The fourth-order valence-electron chi connectivity index (χ4n) is 3.72. The van der Waals surface area contributed by atoms with Gasteiger partial charge in [-0.3, -0.25) is 13.7 Å². The average molecular weight is 601 g/mol. The Hall–Kier alpha value is -3.35. The molecule has 0 amide bonds. The zero-order valence-corrected chi connectivity index (χ0v) is 23.0. The first-order valence-corrected chi connectivity index (χ1v) is 13.5. The van der Waals surface area contributed by atoms with Crippen molar-refractivity contribution in [3.8, 4) is 5.82 Å². The second kappa shape index (κ2) is 10.3. The number of carbonyl (C=O) groups excluding carboxylic acids is 1. The lowest BCUT2D eigenvalue weighted by Crippen LogP contribution is -2.39. The van der Waals surface area contributed by atoms with E-state index in [2.05, 4.69) is 10.2 Å². The first-order chi connectivity index (χ1) is 18.0. The Kier molecular flexibility index (Phi) is 7.58. The molecule has 0 aliphatic heterocycles. The number of nitrogens with zero attached hydrogens (tertiary/aromatic N) is 4. The van der Waals surface area contributed by atoms with E-state index in [1.807, 2.05) is 0 Å². The SMILES string of the molecule is CC(C)(C)OC(=O)CN(c1ccc2c(ccn2-c2cc(C(F)(F)F)cnn2)c1)S(=O)(=O)c1cc(Cl)cc(Cl)c1. The summed E-state index contributed by atoms with van der Waals surface area (Å²) in [5, 5.41) is 7.85. The standard InChI is InChI=1S/C25H21Cl2F3N4O4S/c1-24(2,3)38-23(35)14-34(39(36,37)20-11-17(26)10-18(27)12-20)19-4-5-21-15(8-19)6-7-33(21)22-9-16(13-31-32-22)25(28,29)30/h4-13H,14H2,1-3H3. The van der Waals surface area contributed by atoms with Gasteiger partial charge in [0.1, 0.15) is 12.1 Å². The summed E-state index contributed by atoms with van der Waals surface area (Å²) in [4.78, 5) is 12.5. The molecule has 0 aliphatic rings. The molecule has 2 aromatic heterocycles. The largest absolute Gasteiger partial charge is 0.459 e. The minimum Gasteiger partial charge on any atom is -0.459 e. The van der Waals surface area contributed by atoms with Crippen molar-refractivity contribution in [1.29, 1.82) is 0 Å². The van der Waals surface area contributed by atoms with Crippen molar-refractivity contribution >= 4 is 55.8 Å². The first-order valence-electron chi connectivity index (χ1n) is 11.3. The lowest BCUT2D eigenvalue weighted by Gasteiger charge is -2.26. The predicted molar refractivity (Wildman–Crippen MR) is 141 cm³/mol. The maximum Gasteiger partial charge on any atom is 0.418 e. The van der Waals surface area contributed by atoms with E-state index in [1.165, 1.54) is 47.2 Å². The number of benzene rings is 2. The lowest BCUT2D eigenvalue weighted by molar-refractivity contribution is -0.152. The van der Waals surface area contributed by atoms with Crippen LogP contribution >= 0.6 is 23.2 Å². The molecule has 2 aromatic carbocycles. The summed E-state index contributed by atoms with van der Waals surface area (Å²) in [6, 6.07) is 10.6. The molecule has 4 aromatic rings. The monoisotopic (exact) mass is 600 g/mol. The molecule has 0 atom stereocenters. The van der Waals surface area contributed by atoms with E-state index in [1.54, 1.807) is 26.8 Å². The van der Waals surface area contributed by atoms with Gasteiger partial charge < -0.3 is 4.74 Å². The zero-order valence-electron chi connectivity index (χ0n) is 20.7. The van der Waals surface area contributed by atoms with E-state index < -0.39 is 39.9 Å². The minimum absolute atomic E-state index is 0.0769. The van der Waals surface area contributed by atoms with Crippen LogP contribution in [0.1, 0.15) is 26.3 Å². The quantitative estimate of drug-likeness (QED) is 0.242. The van der Waals surface area contributed by atoms with Crippen LogP contribution < -0.4 is 4.31 Å². The number of halogens is 5. The summed E-state index contributed by atoms with van der Waals surface area (Å²) in [6.07, 6.45) is -2.52. The van der Waals surface area contributed by atoms with Crippen molar-refractivity contribution in [3.63, 3.8) is 0 Å². The molecule has 0 bridgehead atoms. The molecule has 0 saturated carbocycles. The van der Waals surface area contributed by atoms with Crippen molar-refractivity contribution in [3.05, 3.63) is 76.5 Å². The average Bonchev–Trinajstić information content (AvgIpc) is 3.23. The number of fused-ring (bicyclic) bond motifs is 1. The Morgan fingerprint density at radius 2 is 1.69 bits per heavy atom. The maximum atomic E-state index is 13.7. The second-order valence-corrected chi connectivity index (χ2v) is 12.2. The highest BCUT2D eigenvalue weighted by Gasteiger charge is 2.32. The van der Waals surface area contributed by atoms with Gasteiger partial charge in [0.15, 0.2) is 5.82 Å². The summed E-state index contributed by atoms with van der Waals surface area (Å²) in [5.74, 6) is -0.893. The van der Waals surface area contributed by atoms with Crippen molar-refractivity contribution in [1.82, 2.24) is 14.8 Å². The minimum atomic E-state index is -4.61. The van der Waals surface area contributed by atoms with Crippen molar-refractivity contribution in [2.75, 3.05) is 10.8 Å². The van der Waals surface area contributed by atoms with E-state index in [0.29, 0.717) is 17.1 Å². The van der Waals surface area contributed by atoms with Gasteiger partial charge in [-0.25, -0.2) is 8.42 Å². The normalized spacial score (nSPS) is 12.5. The molecule has 0 saturated heterocycles.